The molecule has 0 aromatic heterocycles. The van der Waals surface area contributed by atoms with Gasteiger partial charge in [0.1, 0.15) is 0 Å². The summed E-state index contributed by atoms with van der Waals surface area (Å²) in [4.78, 5) is 14.5. The van der Waals surface area contributed by atoms with Gasteiger partial charge in [0.25, 0.3) is 0 Å². The minimum absolute atomic E-state index is 0.397. The third-order valence-electron chi connectivity index (χ3n) is 0.463. The Hall–Kier alpha value is -0.290. The Morgan fingerprint density at radius 3 is 2.67 bits per heavy atom. The second kappa shape index (κ2) is 4.58. The first-order valence-corrected chi connectivity index (χ1v) is 3.81. The Balaban J connectivity index is 3.28. The van der Waals surface area contributed by atoms with Crippen molar-refractivity contribution in [3.8, 4) is 0 Å². The van der Waals surface area contributed by atoms with Gasteiger partial charge in [-0.25, -0.2) is 5.48 Å². The molecule has 9 heavy (non-hydrogen) atoms. The molecule has 0 spiro atoms. The molecule has 0 saturated heterocycles. The van der Waals surface area contributed by atoms with Gasteiger partial charge in [-0.2, -0.15) is 0 Å². The average Bonchev–Trinajstić information content (AvgIpc) is 1.83. The van der Waals surface area contributed by atoms with Gasteiger partial charge in [0, 0.05) is 6.92 Å². The fraction of sp³-hybridized carbons (Fsp3) is 0.500. The molecule has 52 valence electrons. The maximum absolute atomic E-state index is 10.1. The maximum Gasteiger partial charge on any atom is 0.329 e. The highest BCUT2D eigenvalue weighted by atomic mass is 32.2. The van der Waals surface area contributed by atoms with Crippen LogP contribution < -0.4 is 5.48 Å². The lowest BCUT2D eigenvalue weighted by Crippen LogP contribution is -2.21. The molecule has 0 aliphatic heterocycles. The van der Waals surface area contributed by atoms with E-state index >= 15 is 0 Å². The Kier molecular flexibility index (Phi) is 4.43. The number of thiocarbonyl (C=S) groups is 1. The topological polar surface area (TPSA) is 38.3 Å². The van der Waals surface area contributed by atoms with Crippen LogP contribution in [0.25, 0.3) is 0 Å². The van der Waals surface area contributed by atoms with Crippen LogP contribution in [0.3, 0.4) is 0 Å². The summed E-state index contributed by atoms with van der Waals surface area (Å²) in [6, 6.07) is 0. The number of thioether (sulfide) groups is 1. The largest absolute Gasteiger partial charge is 0.342 e. The first-order chi connectivity index (χ1) is 4.16. The molecular weight excluding hydrogens is 158 g/mol. The number of hydroxylamine groups is 1. The molecule has 0 aromatic carbocycles. The van der Waals surface area contributed by atoms with Gasteiger partial charge in [0.15, 0.2) is 4.32 Å². The van der Waals surface area contributed by atoms with Crippen molar-refractivity contribution >= 4 is 34.3 Å². The first kappa shape index (κ1) is 8.71. The van der Waals surface area contributed by atoms with E-state index in [0.717, 1.165) is 0 Å². The van der Waals surface area contributed by atoms with Gasteiger partial charge in [0.2, 0.25) is 0 Å². The summed E-state index contributed by atoms with van der Waals surface area (Å²) in [6.45, 7) is 1.30. The first-order valence-electron chi connectivity index (χ1n) is 2.18. The van der Waals surface area contributed by atoms with Crippen LogP contribution in [0.2, 0.25) is 0 Å². The number of nitrogens with one attached hydrogen (secondary N) is 1. The average molecular weight is 165 g/mol. The number of rotatable bonds is 0. The zero-order chi connectivity index (χ0) is 7.28. The molecule has 0 radical (unpaired) electrons. The molecule has 0 aliphatic carbocycles. The molecule has 1 N–H and O–H groups in total. The quantitative estimate of drug-likeness (QED) is 0.422. The Labute approximate surface area is 63.1 Å². The summed E-state index contributed by atoms with van der Waals surface area (Å²) < 4.78 is 0.449. The minimum Gasteiger partial charge on any atom is -0.342 e. The monoisotopic (exact) mass is 165 g/mol. The third-order valence-corrected chi connectivity index (χ3v) is 1.50. The smallest absolute Gasteiger partial charge is 0.329 e. The molecule has 0 rings (SSSR count). The molecule has 0 saturated carbocycles. The molecule has 0 aromatic rings. The van der Waals surface area contributed by atoms with E-state index in [1.54, 1.807) is 6.26 Å². The highest BCUT2D eigenvalue weighted by molar-refractivity contribution is 8.22. The number of carbonyl (C=O) groups is 1. The van der Waals surface area contributed by atoms with Gasteiger partial charge in [-0.05, 0) is 18.5 Å². The van der Waals surface area contributed by atoms with E-state index in [2.05, 4.69) is 22.5 Å². The van der Waals surface area contributed by atoms with E-state index in [1.165, 1.54) is 18.7 Å². The molecule has 0 heterocycles. The van der Waals surface area contributed by atoms with Crippen molar-refractivity contribution < 1.29 is 9.63 Å². The Morgan fingerprint density at radius 2 is 2.33 bits per heavy atom. The van der Waals surface area contributed by atoms with Gasteiger partial charge in [-0.3, -0.25) is 4.79 Å². The van der Waals surface area contributed by atoms with Crippen LogP contribution in [-0.2, 0) is 9.63 Å². The third kappa shape index (κ3) is 5.58. The Bertz CT molecular complexity index is 126. The fourth-order valence-electron chi connectivity index (χ4n) is 0.155. The van der Waals surface area contributed by atoms with E-state index < -0.39 is 5.97 Å². The normalized spacial score (nSPS) is 8.22. The van der Waals surface area contributed by atoms with E-state index in [1.807, 2.05) is 0 Å². The fourth-order valence-corrected chi connectivity index (χ4v) is 0.322. The van der Waals surface area contributed by atoms with Crippen molar-refractivity contribution in [3.05, 3.63) is 0 Å². The summed E-state index contributed by atoms with van der Waals surface area (Å²) in [5.41, 5.74) is 2.28. The molecule has 3 nitrogen and oxygen atoms in total. The molecular formula is C4H7NO2S2. The molecule has 0 amide bonds. The van der Waals surface area contributed by atoms with Crippen LogP contribution in [0.1, 0.15) is 6.92 Å². The molecule has 5 heteroatoms. The van der Waals surface area contributed by atoms with E-state index in [-0.39, 0.29) is 0 Å². The van der Waals surface area contributed by atoms with Gasteiger partial charge >= 0.3 is 5.97 Å². The zero-order valence-corrected chi connectivity index (χ0v) is 6.77. The van der Waals surface area contributed by atoms with Crippen LogP contribution >= 0.6 is 24.0 Å². The summed E-state index contributed by atoms with van der Waals surface area (Å²) >= 11 is 5.96. The predicted molar refractivity (Wildman–Crippen MR) is 41.0 cm³/mol. The van der Waals surface area contributed by atoms with Gasteiger partial charge in [0.05, 0.1) is 0 Å². The minimum atomic E-state index is -0.397. The van der Waals surface area contributed by atoms with E-state index in [9.17, 15) is 4.79 Å². The molecule has 0 bridgehead atoms. The summed E-state index contributed by atoms with van der Waals surface area (Å²) in [6.07, 6.45) is 1.79. The van der Waals surface area contributed by atoms with Gasteiger partial charge < -0.3 is 4.84 Å². The number of hydrogen-bond donors (Lipinski definition) is 1. The van der Waals surface area contributed by atoms with Crippen molar-refractivity contribution in [2.45, 2.75) is 6.92 Å². The lowest BCUT2D eigenvalue weighted by atomic mass is 10.8. The predicted octanol–water partition coefficient (Wildman–Crippen LogP) is 0.702. The van der Waals surface area contributed by atoms with Gasteiger partial charge in [-0.15, -0.1) is 0 Å². The van der Waals surface area contributed by atoms with Crippen LogP contribution in [-0.4, -0.2) is 16.5 Å². The second-order valence-electron chi connectivity index (χ2n) is 1.19. The standard InChI is InChI=1S/C4H7NO2S2/c1-3(6)7-5-4(8)9-2/h1-2H3,(H,5,8). The van der Waals surface area contributed by atoms with E-state index in [4.69, 9.17) is 0 Å². The van der Waals surface area contributed by atoms with Crippen molar-refractivity contribution in [3.63, 3.8) is 0 Å². The van der Waals surface area contributed by atoms with E-state index in [0.29, 0.717) is 4.32 Å². The highest BCUT2D eigenvalue weighted by Crippen LogP contribution is 1.92. The SMILES string of the molecule is CSC(=S)NOC(C)=O. The number of hydrogen-bond acceptors (Lipinski definition) is 4. The van der Waals surface area contributed by atoms with Crippen molar-refractivity contribution in [2.24, 2.45) is 0 Å². The van der Waals surface area contributed by atoms with Crippen molar-refractivity contribution in [1.29, 1.82) is 0 Å². The summed E-state index contributed by atoms with van der Waals surface area (Å²) in [5, 5.41) is 0. The number of carbonyl (C=O) groups excluding carboxylic acids is 1. The molecule has 0 atom stereocenters. The van der Waals surface area contributed by atoms with Crippen LogP contribution in [0.4, 0.5) is 0 Å². The van der Waals surface area contributed by atoms with Crippen LogP contribution in [0, 0.1) is 0 Å². The molecule has 0 unspecified atom stereocenters. The lowest BCUT2D eigenvalue weighted by Gasteiger charge is -2.01. The molecule has 0 fully saturated rings. The maximum atomic E-state index is 10.1. The second-order valence-corrected chi connectivity index (χ2v) is 2.67. The zero-order valence-electron chi connectivity index (χ0n) is 5.13. The highest BCUT2D eigenvalue weighted by Gasteiger charge is 1.93. The summed E-state index contributed by atoms with van der Waals surface area (Å²) in [7, 11) is 0. The van der Waals surface area contributed by atoms with Crippen molar-refractivity contribution in [2.75, 3.05) is 6.26 Å². The van der Waals surface area contributed by atoms with Gasteiger partial charge in [-0.1, -0.05) is 11.8 Å². The van der Waals surface area contributed by atoms with Crippen LogP contribution in [0.15, 0.2) is 0 Å². The summed E-state index contributed by atoms with van der Waals surface area (Å²) in [5.74, 6) is -0.397. The van der Waals surface area contributed by atoms with Crippen LogP contribution in [0.5, 0.6) is 0 Å². The molecule has 0 aliphatic rings. The Morgan fingerprint density at radius 1 is 1.78 bits per heavy atom. The van der Waals surface area contributed by atoms with Crippen molar-refractivity contribution in [1.82, 2.24) is 5.48 Å². The lowest BCUT2D eigenvalue weighted by molar-refractivity contribution is -0.144.